The van der Waals surface area contributed by atoms with Crippen LogP contribution in [0.15, 0.2) is 0 Å². The molecule has 0 bridgehead atoms. The van der Waals surface area contributed by atoms with E-state index in [1.807, 2.05) is 6.92 Å². The summed E-state index contributed by atoms with van der Waals surface area (Å²) in [5, 5.41) is 8.99. The predicted octanol–water partition coefficient (Wildman–Crippen LogP) is 2.55. The molecule has 0 fully saturated rings. The molecule has 0 amide bonds. The van der Waals surface area contributed by atoms with Crippen LogP contribution in [0.2, 0.25) is 0 Å². The Balaban J connectivity index is 0. The fourth-order valence-corrected chi connectivity index (χ4v) is 4.30. The molecule has 0 rings (SSSR count). The SMILES string of the molecule is CCCCCCCCCCCCCC(O)C(CCCCC)S(=O)(=O)[O-].[K+]. The zero-order valence-corrected chi connectivity index (χ0v) is 21.5. The monoisotopic (exact) mass is 416 g/mol. The third kappa shape index (κ3) is 17.6. The Morgan fingerprint density at radius 3 is 1.46 bits per heavy atom. The topological polar surface area (TPSA) is 77.4 Å². The van der Waals surface area contributed by atoms with E-state index in [0.717, 1.165) is 32.1 Å². The van der Waals surface area contributed by atoms with Crippen molar-refractivity contribution in [2.45, 2.75) is 128 Å². The van der Waals surface area contributed by atoms with E-state index in [-0.39, 0.29) is 51.4 Å². The van der Waals surface area contributed by atoms with Gasteiger partial charge >= 0.3 is 51.4 Å². The van der Waals surface area contributed by atoms with Gasteiger partial charge in [0.1, 0.15) is 10.1 Å². The molecule has 6 heteroatoms. The van der Waals surface area contributed by atoms with Gasteiger partial charge in [-0.25, -0.2) is 8.42 Å². The van der Waals surface area contributed by atoms with Crippen molar-refractivity contribution >= 4 is 10.1 Å². The van der Waals surface area contributed by atoms with E-state index < -0.39 is 21.5 Å². The first-order chi connectivity index (χ1) is 11.9. The summed E-state index contributed by atoms with van der Waals surface area (Å²) in [6.45, 7) is 4.26. The van der Waals surface area contributed by atoms with Crippen molar-refractivity contribution in [1.82, 2.24) is 0 Å². The standard InChI is InChI=1S/C20H42O4S.K/c1-3-5-7-8-9-10-11-12-13-14-16-17-19(21)20(25(22,23)24)18-15-6-4-2;/h19-21H,3-18H2,1-2H3,(H,22,23,24);/q;+1/p-1. The van der Waals surface area contributed by atoms with Crippen LogP contribution in [-0.2, 0) is 10.1 Å². The number of rotatable bonds is 18. The summed E-state index contributed by atoms with van der Waals surface area (Å²) in [7, 11) is -4.41. The van der Waals surface area contributed by atoms with E-state index in [9.17, 15) is 18.1 Å². The fraction of sp³-hybridized carbons (Fsp3) is 1.00. The summed E-state index contributed by atoms with van der Waals surface area (Å²) in [4.78, 5) is 0. The summed E-state index contributed by atoms with van der Waals surface area (Å²) in [6.07, 6.45) is 15.7. The van der Waals surface area contributed by atoms with Crippen molar-refractivity contribution < 1.29 is 69.5 Å². The van der Waals surface area contributed by atoms with Crippen LogP contribution in [0.5, 0.6) is 0 Å². The summed E-state index contributed by atoms with van der Waals surface area (Å²) in [5.74, 6) is 0. The summed E-state index contributed by atoms with van der Waals surface area (Å²) < 4.78 is 34.1. The van der Waals surface area contributed by atoms with Crippen LogP contribution < -0.4 is 51.4 Å². The van der Waals surface area contributed by atoms with Crippen LogP contribution in [-0.4, -0.2) is 29.4 Å². The van der Waals surface area contributed by atoms with Gasteiger partial charge in [0.05, 0.1) is 11.4 Å². The van der Waals surface area contributed by atoms with Crippen LogP contribution in [0.1, 0.15) is 117 Å². The molecule has 0 radical (unpaired) electrons. The quantitative estimate of drug-likeness (QED) is 0.212. The van der Waals surface area contributed by atoms with Gasteiger partial charge in [0.2, 0.25) is 0 Å². The van der Waals surface area contributed by atoms with E-state index in [4.69, 9.17) is 0 Å². The minimum Gasteiger partial charge on any atom is -0.748 e. The third-order valence-corrected chi connectivity index (χ3v) is 6.29. The Morgan fingerprint density at radius 1 is 0.692 bits per heavy atom. The molecule has 2 unspecified atom stereocenters. The molecule has 0 aliphatic rings. The maximum absolute atomic E-state index is 11.4. The van der Waals surface area contributed by atoms with Crippen molar-refractivity contribution in [3.05, 3.63) is 0 Å². The molecule has 0 aromatic heterocycles. The molecule has 0 aromatic rings. The summed E-state index contributed by atoms with van der Waals surface area (Å²) in [5.41, 5.74) is 0. The van der Waals surface area contributed by atoms with E-state index in [2.05, 4.69) is 6.92 Å². The molecule has 0 saturated heterocycles. The average Bonchev–Trinajstić information content (AvgIpc) is 2.55. The minimum atomic E-state index is -4.41. The zero-order valence-electron chi connectivity index (χ0n) is 17.5. The van der Waals surface area contributed by atoms with Gasteiger partial charge in [0, 0.05) is 0 Å². The third-order valence-electron chi connectivity index (χ3n) is 5.00. The smallest absolute Gasteiger partial charge is 0.748 e. The Hall–Kier alpha value is 1.51. The van der Waals surface area contributed by atoms with Crippen molar-refractivity contribution in [1.29, 1.82) is 0 Å². The first-order valence-corrected chi connectivity index (χ1v) is 12.0. The molecule has 0 spiro atoms. The Kier molecular flexibility index (Phi) is 22.6. The summed E-state index contributed by atoms with van der Waals surface area (Å²) >= 11 is 0. The molecule has 2 atom stereocenters. The zero-order chi connectivity index (χ0) is 19.0. The second kappa shape index (κ2) is 19.8. The maximum atomic E-state index is 11.4. The fourth-order valence-electron chi connectivity index (χ4n) is 3.33. The van der Waals surface area contributed by atoms with E-state index in [0.29, 0.717) is 19.3 Å². The Morgan fingerprint density at radius 2 is 1.04 bits per heavy atom. The van der Waals surface area contributed by atoms with Crippen molar-refractivity contribution in [3.8, 4) is 0 Å². The molecule has 0 heterocycles. The number of aliphatic hydroxyl groups excluding tert-OH is 1. The van der Waals surface area contributed by atoms with Gasteiger partial charge in [-0.2, -0.15) is 0 Å². The Bertz CT molecular complexity index is 387. The molecular weight excluding hydrogens is 375 g/mol. The van der Waals surface area contributed by atoms with Crippen LogP contribution in [0, 0.1) is 0 Å². The largest absolute Gasteiger partial charge is 1.00 e. The van der Waals surface area contributed by atoms with Gasteiger partial charge in [-0.15, -0.1) is 0 Å². The van der Waals surface area contributed by atoms with E-state index >= 15 is 0 Å². The minimum absolute atomic E-state index is 0. The molecule has 0 aliphatic carbocycles. The first-order valence-electron chi connectivity index (χ1n) is 10.6. The van der Waals surface area contributed by atoms with Crippen LogP contribution >= 0.6 is 0 Å². The molecule has 0 saturated carbocycles. The van der Waals surface area contributed by atoms with Crippen LogP contribution in [0.4, 0.5) is 0 Å². The van der Waals surface area contributed by atoms with Crippen LogP contribution in [0.3, 0.4) is 0 Å². The predicted molar refractivity (Wildman–Crippen MR) is 105 cm³/mol. The molecule has 152 valence electrons. The van der Waals surface area contributed by atoms with Gasteiger partial charge in [-0.3, -0.25) is 0 Å². The molecule has 0 aromatic carbocycles. The van der Waals surface area contributed by atoms with Crippen molar-refractivity contribution in [2.24, 2.45) is 0 Å². The van der Waals surface area contributed by atoms with Crippen molar-refractivity contribution in [3.63, 3.8) is 0 Å². The molecule has 4 nitrogen and oxygen atoms in total. The molecule has 0 aliphatic heterocycles. The summed E-state index contributed by atoms with van der Waals surface area (Å²) in [6, 6.07) is 0. The van der Waals surface area contributed by atoms with Gasteiger partial charge in [-0.05, 0) is 12.8 Å². The first kappa shape index (κ1) is 29.7. The second-order valence-electron chi connectivity index (χ2n) is 7.42. The maximum Gasteiger partial charge on any atom is 1.00 e. The molecule has 26 heavy (non-hydrogen) atoms. The van der Waals surface area contributed by atoms with Gasteiger partial charge < -0.3 is 9.66 Å². The number of aliphatic hydroxyl groups is 1. The molecular formula is C20H41KO4S. The van der Waals surface area contributed by atoms with Gasteiger partial charge in [0.25, 0.3) is 0 Å². The van der Waals surface area contributed by atoms with Gasteiger partial charge in [-0.1, -0.05) is 104 Å². The number of hydrogen-bond acceptors (Lipinski definition) is 4. The Labute approximate surface area is 205 Å². The number of hydrogen-bond donors (Lipinski definition) is 1. The number of unbranched alkanes of at least 4 members (excludes halogenated alkanes) is 12. The van der Waals surface area contributed by atoms with Crippen molar-refractivity contribution in [2.75, 3.05) is 0 Å². The normalized spacial score (nSPS) is 14.0. The molecule has 1 N–H and O–H groups in total. The second-order valence-corrected chi connectivity index (χ2v) is 9.01. The van der Waals surface area contributed by atoms with E-state index in [1.54, 1.807) is 0 Å². The van der Waals surface area contributed by atoms with Gasteiger partial charge in [0.15, 0.2) is 0 Å². The van der Waals surface area contributed by atoms with E-state index in [1.165, 1.54) is 51.4 Å². The average molecular weight is 417 g/mol. The van der Waals surface area contributed by atoms with Crippen LogP contribution in [0.25, 0.3) is 0 Å².